The number of carbonyl (C=O) groups excluding carboxylic acids is 4. The number of amides is 1. The lowest BCUT2D eigenvalue weighted by Crippen LogP contribution is -2.60. The molecule has 0 aromatic heterocycles. The van der Waals surface area contributed by atoms with Gasteiger partial charge in [0, 0.05) is 37.4 Å². The van der Waals surface area contributed by atoms with E-state index in [9.17, 15) is 34.5 Å². The SMILES string of the molecule is CCOc1ccc(NC(=O)CN(CC(=O)[O-])[C@H]2CCCC[C@@H]2N(CC(=O)[O-])CC(=O)[O-])cc1. The van der Waals surface area contributed by atoms with Gasteiger partial charge in [0.2, 0.25) is 5.91 Å². The number of carboxylic acids is 3. The number of rotatable bonds is 13. The van der Waals surface area contributed by atoms with E-state index in [0.29, 0.717) is 37.3 Å². The number of hydrogen-bond acceptors (Lipinski definition) is 10. The van der Waals surface area contributed by atoms with Gasteiger partial charge in [-0.15, -0.1) is 0 Å². The summed E-state index contributed by atoms with van der Waals surface area (Å²) < 4.78 is 5.35. The molecular weight excluding hydrogens is 434 g/mol. The maximum Gasteiger partial charge on any atom is 0.238 e. The highest BCUT2D eigenvalue weighted by atomic mass is 16.5. The molecule has 0 saturated heterocycles. The lowest BCUT2D eigenvalue weighted by molar-refractivity contribution is -0.313. The molecule has 2 atom stereocenters. The Morgan fingerprint density at radius 3 is 1.73 bits per heavy atom. The van der Waals surface area contributed by atoms with E-state index in [1.165, 1.54) is 9.80 Å². The van der Waals surface area contributed by atoms with E-state index in [2.05, 4.69) is 5.32 Å². The van der Waals surface area contributed by atoms with Crippen LogP contribution in [0.4, 0.5) is 5.69 Å². The van der Waals surface area contributed by atoms with Gasteiger partial charge >= 0.3 is 0 Å². The largest absolute Gasteiger partial charge is 0.549 e. The highest BCUT2D eigenvalue weighted by Crippen LogP contribution is 2.27. The van der Waals surface area contributed by atoms with Crippen LogP contribution in [-0.2, 0) is 19.2 Å². The topological polar surface area (TPSA) is 165 Å². The molecule has 1 aliphatic carbocycles. The lowest BCUT2D eigenvalue weighted by Gasteiger charge is -2.45. The number of carboxylic acid groups (broad SMARTS) is 3. The zero-order chi connectivity index (χ0) is 24.4. The molecule has 0 spiro atoms. The Bertz CT molecular complexity index is 813. The summed E-state index contributed by atoms with van der Waals surface area (Å²) in [6.07, 6.45) is 2.32. The summed E-state index contributed by atoms with van der Waals surface area (Å²) in [5, 5.41) is 36.4. The van der Waals surface area contributed by atoms with Crippen LogP contribution in [0, 0.1) is 0 Å². The molecule has 0 radical (unpaired) electrons. The molecule has 33 heavy (non-hydrogen) atoms. The van der Waals surface area contributed by atoms with Crippen LogP contribution in [0.5, 0.6) is 5.75 Å². The highest BCUT2D eigenvalue weighted by molar-refractivity contribution is 5.92. The van der Waals surface area contributed by atoms with Crippen LogP contribution in [-0.4, -0.2) is 78.5 Å². The number of hydrogen-bond donors (Lipinski definition) is 1. The summed E-state index contributed by atoms with van der Waals surface area (Å²) in [5.74, 6) is -4.16. The van der Waals surface area contributed by atoms with Crippen molar-refractivity contribution in [2.24, 2.45) is 0 Å². The molecule has 11 heteroatoms. The molecule has 11 nitrogen and oxygen atoms in total. The fourth-order valence-corrected chi connectivity index (χ4v) is 4.21. The third-order valence-corrected chi connectivity index (χ3v) is 5.42. The standard InChI is InChI=1S/C22H31N3O8/c1-2-33-16-9-7-15(8-10-16)23-19(26)11-24(12-20(27)28)17-5-3-4-6-18(17)25(13-21(29)30)14-22(31)32/h7-10,17-18H,2-6,11-14H2,1H3,(H,23,26)(H,27,28)(H,29,30)(H,31,32)/p-3/t17-,18-/m0/s1. The second kappa shape index (κ2) is 12.8. The van der Waals surface area contributed by atoms with Gasteiger partial charge in [-0.1, -0.05) is 12.8 Å². The first kappa shape index (κ1) is 26.1. The average Bonchev–Trinajstić information content (AvgIpc) is 2.73. The van der Waals surface area contributed by atoms with E-state index in [1.807, 2.05) is 6.92 Å². The Hall–Kier alpha value is -3.18. The predicted molar refractivity (Wildman–Crippen MR) is 110 cm³/mol. The van der Waals surface area contributed by atoms with Crippen molar-refractivity contribution in [2.75, 3.05) is 38.1 Å². The molecule has 1 amide bonds. The van der Waals surface area contributed by atoms with Gasteiger partial charge in [0.25, 0.3) is 0 Å². The first-order valence-corrected chi connectivity index (χ1v) is 10.8. The smallest absolute Gasteiger partial charge is 0.238 e. The molecule has 0 aliphatic heterocycles. The summed E-state index contributed by atoms with van der Waals surface area (Å²) in [5.41, 5.74) is 0.493. The zero-order valence-corrected chi connectivity index (χ0v) is 18.5. The predicted octanol–water partition coefficient (Wildman–Crippen LogP) is -2.81. The number of ether oxygens (including phenoxy) is 1. The summed E-state index contributed by atoms with van der Waals surface area (Å²) in [6, 6.07) is 5.50. The van der Waals surface area contributed by atoms with Crippen LogP contribution < -0.4 is 25.4 Å². The van der Waals surface area contributed by atoms with Crippen molar-refractivity contribution in [1.29, 1.82) is 0 Å². The molecule has 0 heterocycles. The van der Waals surface area contributed by atoms with Crippen LogP contribution in [0.1, 0.15) is 32.6 Å². The van der Waals surface area contributed by atoms with Crippen molar-refractivity contribution in [2.45, 2.75) is 44.7 Å². The first-order valence-electron chi connectivity index (χ1n) is 10.8. The molecule has 1 aliphatic rings. The van der Waals surface area contributed by atoms with Gasteiger partial charge in [-0.05, 0) is 44.0 Å². The van der Waals surface area contributed by atoms with Crippen molar-refractivity contribution < 1.29 is 39.2 Å². The number of aliphatic carboxylic acids is 3. The van der Waals surface area contributed by atoms with Crippen molar-refractivity contribution in [1.82, 2.24) is 9.80 Å². The van der Waals surface area contributed by atoms with Crippen LogP contribution in [0.2, 0.25) is 0 Å². The minimum absolute atomic E-state index is 0.299. The Balaban J connectivity index is 2.17. The molecular formula is C22H28N3O8-3. The number of carbonyl (C=O) groups is 4. The molecule has 1 fully saturated rings. The highest BCUT2D eigenvalue weighted by Gasteiger charge is 2.35. The van der Waals surface area contributed by atoms with Gasteiger partial charge < -0.3 is 39.8 Å². The quantitative estimate of drug-likeness (QED) is 0.323. The van der Waals surface area contributed by atoms with E-state index >= 15 is 0 Å². The zero-order valence-electron chi connectivity index (χ0n) is 18.5. The van der Waals surface area contributed by atoms with Crippen molar-refractivity contribution in [3.63, 3.8) is 0 Å². The van der Waals surface area contributed by atoms with Gasteiger partial charge in [-0.3, -0.25) is 14.6 Å². The maximum absolute atomic E-state index is 12.7. The molecule has 1 aromatic carbocycles. The molecule has 0 unspecified atom stereocenters. The van der Waals surface area contributed by atoms with Crippen LogP contribution in [0.15, 0.2) is 24.3 Å². The van der Waals surface area contributed by atoms with E-state index in [0.717, 1.165) is 6.42 Å². The van der Waals surface area contributed by atoms with Gasteiger partial charge in [0.15, 0.2) is 0 Å². The molecule has 1 N–H and O–H groups in total. The summed E-state index contributed by atoms with van der Waals surface area (Å²) in [6.45, 7) is 0.190. The van der Waals surface area contributed by atoms with Crippen molar-refractivity contribution in [3.05, 3.63) is 24.3 Å². The van der Waals surface area contributed by atoms with E-state index in [-0.39, 0.29) is 6.54 Å². The minimum Gasteiger partial charge on any atom is -0.549 e. The Kier molecular flexibility index (Phi) is 10.1. The van der Waals surface area contributed by atoms with E-state index in [4.69, 9.17) is 4.74 Å². The van der Waals surface area contributed by atoms with Crippen LogP contribution in [0.3, 0.4) is 0 Å². The number of nitrogens with zero attached hydrogens (tertiary/aromatic N) is 2. The fraction of sp³-hybridized carbons (Fsp3) is 0.545. The van der Waals surface area contributed by atoms with Crippen molar-refractivity contribution in [3.8, 4) is 5.75 Å². The Morgan fingerprint density at radius 1 is 0.848 bits per heavy atom. The molecule has 1 saturated carbocycles. The number of benzene rings is 1. The summed E-state index contributed by atoms with van der Waals surface area (Å²) in [7, 11) is 0. The minimum atomic E-state index is -1.46. The lowest BCUT2D eigenvalue weighted by atomic mass is 9.87. The van der Waals surface area contributed by atoms with Gasteiger partial charge in [-0.25, -0.2) is 0 Å². The maximum atomic E-state index is 12.7. The monoisotopic (exact) mass is 462 g/mol. The summed E-state index contributed by atoms with van der Waals surface area (Å²) >= 11 is 0. The molecule has 182 valence electrons. The molecule has 0 bridgehead atoms. The normalized spacial score (nSPS) is 18.2. The molecule has 1 aromatic rings. The number of nitrogens with one attached hydrogen (secondary N) is 1. The van der Waals surface area contributed by atoms with Gasteiger partial charge in [0.1, 0.15) is 5.75 Å². The third kappa shape index (κ3) is 8.70. The van der Waals surface area contributed by atoms with E-state index < -0.39 is 55.5 Å². The van der Waals surface area contributed by atoms with Gasteiger partial charge in [0.05, 0.1) is 31.1 Å². The number of anilines is 1. The van der Waals surface area contributed by atoms with Crippen LogP contribution in [0.25, 0.3) is 0 Å². The summed E-state index contributed by atoms with van der Waals surface area (Å²) in [4.78, 5) is 49.0. The van der Waals surface area contributed by atoms with E-state index in [1.54, 1.807) is 24.3 Å². The van der Waals surface area contributed by atoms with Crippen molar-refractivity contribution >= 4 is 29.5 Å². The first-order chi connectivity index (χ1) is 15.7. The third-order valence-electron chi connectivity index (χ3n) is 5.42. The fourth-order valence-electron chi connectivity index (χ4n) is 4.21. The van der Waals surface area contributed by atoms with Crippen LogP contribution >= 0.6 is 0 Å². The Labute approximate surface area is 191 Å². The second-order valence-corrected chi connectivity index (χ2v) is 7.85. The Morgan fingerprint density at radius 2 is 1.30 bits per heavy atom. The second-order valence-electron chi connectivity index (χ2n) is 7.85. The van der Waals surface area contributed by atoms with Gasteiger partial charge in [-0.2, -0.15) is 0 Å². The molecule has 2 rings (SSSR count). The average molecular weight is 462 g/mol.